The number of sulfonamides is 1. The highest BCUT2D eigenvalue weighted by atomic mass is 32.2. The van der Waals surface area contributed by atoms with Crippen LogP contribution in [0.2, 0.25) is 0 Å². The van der Waals surface area contributed by atoms with Gasteiger partial charge in [0.2, 0.25) is 21.8 Å². The first-order valence-electron chi connectivity index (χ1n) is 11.3. The van der Waals surface area contributed by atoms with Crippen LogP contribution in [0.1, 0.15) is 45.2 Å². The number of rotatable bonds is 9. The molecule has 0 spiro atoms. The Balaban J connectivity index is 2.48. The van der Waals surface area contributed by atoms with E-state index in [0.717, 1.165) is 18.4 Å². The molecule has 0 aromatic heterocycles. The van der Waals surface area contributed by atoms with Crippen LogP contribution in [0.5, 0.6) is 0 Å². The van der Waals surface area contributed by atoms with Crippen molar-refractivity contribution in [3.8, 4) is 0 Å². The van der Waals surface area contributed by atoms with Crippen LogP contribution in [0.15, 0.2) is 54.6 Å². The number of carbonyl (C=O) groups excluding carboxylic acids is 2. The highest BCUT2D eigenvalue weighted by molar-refractivity contribution is 7.92. The molecule has 7 nitrogen and oxygen atoms in total. The number of benzene rings is 2. The first kappa shape index (κ1) is 29.2. The lowest BCUT2D eigenvalue weighted by atomic mass is 10.1. The second kappa shape index (κ2) is 11.3. The van der Waals surface area contributed by atoms with E-state index in [1.54, 1.807) is 58.0 Å². The monoisotopic (exact) mass is 527 g/mol. The average molecular weight is 528 g/mol. The van der Waals surface area contributed by atoms with Gasteiger partial charge in [-0.1, -0.05) is 43.3 Å². The van der Waals surface area contributed by atoms with Crippen molar-refractivity contribution in [2.45, 2.75) is 58.4 Å². The molecular weight excluding hydrogens is 495 g/mol. The summed E-state index contributed by atoms with van der Waals surface area (Å²) in [4.78, 5) is 27.9. The van der Waals surface area contributed by atoms with Crippen molar-refractivity contribution in [1.29, 1.82) is 0 Å². The van der Waals surface area contributed by atoms with Gasteiger partial charge in [0.1, 0.15) is 12.6 Å². The summed E-state index contributed by atoms with van der Waals surface area (Å²) in [6.07, 6.45) is -3.64. The Morgan fingerprint density at radius 3 is 2.11 bits per heavy atom. The molecule has 0 aliphatic rings. The Kier molecular flexibility index (Phi) is 9.17. The van der Waals surface area contributed by atoms with Gasteiger partial charge >= 0.3 is 6.18 Å². The zero-order valence-electron chi connectivity index (χ0n) is 21.0. The van der Waals surface area contributed by atoms with Crippen molar-refractivity contribution in [3.05, 3.63) is 65.7 Å². The molecule has 0 bridgehead atoms. The third-order valence-corrected chi connectivity index (χ3v) is 6.36. The van der Waals surface area contributed by atoms with E-state index in [1.165, 1.54) is 11.0 Å². The first-order chi connectivity index (χ1) is 16.5. The number of halogens is 3. The fourth-order valence-electron chi connectivity index (χ4n) is 3.60. The topological polar surface area (TPSA) is 86.8 Å². The molecule has 0 unspecified atom stereocenters. The maximum absolute atomic E-state index is 13.5. The maximum atomic E-state index is 13.5. The number of anilines is 1. The van der Waals surface area contributed by atoms with E-state index in [1.807, 2.05) is 0 Å². The van der Waals surface area contributed by atoms with E-state index in [4.69, 9.17) is 0 Å². The molecule has 0 saturated carbocycles. The van der Waals surface area contributed by atoms with Gasteiger partial charge in [0.25, 0.3) is 0 Å². The Morgan fingerprint density at radius 1 is 1.00 bits per heavy atom. The molecule has 0 saturated heterocycles. The van der Waals surface area contributed by atoms with Crippen LogP contribution in [0.25, 0.3) is 0 Å². The minimum Gasteiger partial charge on any atom is -0.350 e. The number of alkyl halides is 3. The van der Waals surface area contributed by atoms with Crippen LogP contribution in [0.4, 0.5) is 18.9 Å². The Bertz CT molecular complexity index is 1160. The zero-order chi connectivity index (χ0) is 27.3. The smallest absolute Gasteiger partial charge is 0.350 e. The quantitative estimate of drug-likeness (QED) is 0.530. The molecule has 0 aliphatic carbocycles. The van der Waals surface area contributed by atoms with Crippen molar-refractivity contribution < 1.29 is 31.2 Å². The lowest BCUT2D eigenvalue weighted by molar-refractivity contribution is -0.141. The maximum Gasteiger partial charge on any atom is 0.416 e. The molecule has 2 amide bonds. The Labute approximate surface area is 210 Å². The van der Waals surface area contributed by atoms with E-state index >= 15 is 0 Å². The van der Waals surface area contributed by atoms with Gasteiger partial charge in [0.05, 0.1) is 17.5 Å². The van der Waals surface area contributed by atoms with Gasteiger partial charge in [0, 0.05) is 12.1 Å². The fourth-order valence-corrected chi connectivity index (χ4v) is 4.45. The summed E-state index contributed by atoms with van der Waals surface area (Å²) in [5, 5.41) is 2.84. The highest BCUT2D eigenvalue weighted by Crippen LogP contribution is 2.32. The minimum atomic E-state index is -4.69. The van der Waals surface area contributed by atoms with Gasteiger partial charge < -0.3 is 10.2 Å². The van der Waals surface area contributed by atoms with Crippen molar-refractivity contribution in [3.63, 3.8) is 0 Å². The summed E-state index contributed by atoms with van der Waals surface area (Å²) in [5.41, 5.74) is -1.22. The van der Waals surface area contributed by atoms with E-state index in [9.17, 15) is 31.2 Å². The molecule has 36 heavy (non-hydrogen) atoms. The van der Waals surface area contributed by atoms with Gasteiger partial charge in [-0.3, -0.25) is 13.9 Å². The molecule has 2 aromatic rings. The summed E-state index contributed by atoms with van der Waals surface area (Å²) >= 11 is 0. The van der Waals surface area contributed by atoms with Crippen LogP contribution in [-0.2, 0) is 32.3 Å². The number of amides is 2. The second-order valence-electron chi connectivity index (χ2n) is 9.49. The van der Waals surface area contributed by atoms with Crippen LogP contribution < -0.4 is 9.62 Å². The summed E-state index contributed by atoms with van der Waals surface area (Å²) < 4.78 is 65.5. The predicted octanol–water partition coefficient (Wildman–Crippen LogP) is 4.19. The van der Waals surface area contributed by atoms with Gasteiger partial charge in [-0.25, -0.2) is 8.42 Å². The highest BCUT2D eigenvalue weighted by Gasteiger charge is 2.35. The number of hydrogen-bond donors (Lipinski definition) is 1. The molecule has 0 fully saturated rings. The molecule has 1 N–H and O–H groups in total. The molecule has 0 heterocycles. The largest absolute Gasteiger partial charge is 0.416 e. The SMILES string of the molecule is CC[C@@H](C(=O)NC(C)(C)C)N(Cc1ccccc1)C(=O)CN(c1cccc(C(F)(F)F)c1)S(C)(=O)=O. The van der Waals surface area contributed by atoms with Gasteiger partial charge in [-0.15, -0.1) is 0 Å². The molecule has 11 heteroatoms. The Morgan fingerprint density at radius 2 is 1.61 bits per heavy atom. The third kappa shape index (κ3) is 8.25. The average Bonchev–Trinajstić information content (AvgIpc) is 2.75. The van der Waals surface area contributed by atoms with Crippen LogP contribution >= 0.6 is 0 Å². The van der Waals surface area contributed by atoms with Crippen molar-refractivity contribution in [2.24, 2.45) is 0 Å². The Hall–Kier alpha value is -3.08. The van der Waals surface area contributed by atoms with E-state index < -0.39 is 51.7 Å². The molecule has 0 radical (unpaired) electrons. The summed E-state index contributed by atoms with van der Waals surface area (Å²) in [7, 11) is -4.15. The second-order valence-corrected chi connectivity index (χ2v) is 11.4. The number of nitrogens with one attached hydrogen (secondary N) is 1. The predicted molar refractivity (Wildman–Crippen MR) is 133 cm³/mol. The molecular formula is C25H32F3N3O4S. The lowest BCUT2D eigenvalue weighted by Crippen LogP contribution is -2.55. The summed E-state index contributed by atoms with van der Waals surface area (Å²) in [5.74, 6) is -1.14. The van der Waals surface area contributed by atoms with E-state index in [2.05, 4.69) is 5.32 Å². The van der Waals surface area contributed by atoms with Crippen LogP contribution in [0, 0.1) is 0 Å². The minimum absolute atomic E-state index is 0.00986. The summed E-state index contributed by atoms with van der Waals surface area (Å²) in [6, 6.07) is 11.7. The fraction of sp³-hybridized carbons (Fsp3) is 0.440. The van der Waals surface area contributed by atoms with Gasteiger partial charge in [-0.2, -0.15) is 13.2 Å². The summed E-state index contributed by atoms with van der Waals surface area (Å²) in [6.45, 7) is 6.33. The standard InChI is InChI=1S/C25H32F3N3O4S/c1-6-21(23(33)29-24(2,3)4)30(16-18-11-8-7-9-12-18)22(32)17-31(36(5,34)35)20-14-10-13-19(15-20)25(26,27)28/h7-15,21H,6,16-17H2,1-5H3,(H,29,33)/t21-/m0/s1. The lowest BCUT2D eigenvalue weighted by Gasteiger charge is -2.34. The molecule has 2 aromatic carbocycles. The van der Waals surface area contributed by atoms with Crippen LogP contribution in [0.3, 0.4) is 0 Å². The number of nitrogens with zero attached hydrogens (tertiary/aromatic N) is 2. The van der Waals surface area contributed by atoms with Crippen molar-refractivity contribution in [1.82, 2.24) is 10.2 Å². The van der Waals surface area contributed by atoms with Gasteiger partial charge in [0.15, 0.2) is 0 Å². The normalized spacial score (nSPS) is 13.1. The van der Waals surface area contributed by atoms with Gasteiger partial charge in [-0.05, 0) is 51.0 Å². The third-order valence-electron chi connectivity index (χ3n) is 5.22. The van der Waals surface area contributed by atoms with E-state index in [0.29, 0.717) is 15.9 Å². The van der Waals surface area contributed by atoms with Crippen molar-refractivity contribution in [2.75, 3.05) is 17.1 Å². The molecule has 2 rings (SSSR count). The zero-order valence-corrected chi connectivity index (χ0v) is 21.8. The number of carbonyl (C=O) groups is 2. The van der Waals surface area contributed by atoms with E-state index in [-0.39, 0.29) is 18.7 Å². The van der Waals surface area contributed by atoms with Crippen LogP contribution in [-0.4, -0.2) is 49.5 Å². The number of hydrogen-bond acceptors (Lipinski definition) is 4. The molecule has 1 atom stereocenters. The molecule has 0 aliphatic heterocycles. The van der Waals surface area contributed by atoms with Crippen molar-refractivity contribution >= 4 is 27.5 Å². The molecule has 198 valence electrons. The first-order valence-corrected chi connectivity index (χ1v) is 13.2.